The highest BCUT2D eigenvalue weighted by molar-refractivity contribution is 5.91. The van der Waals surface area contributed by atoms with E-state index in [2.05, 4.69) is 5.32 Å². The van der Waals surface area contributed by atoms with Crippen LogP contribution in [0.2, 0.25) is 0 Å². The first-order chi connectivity index (χ1) is 12.5. The molecule has 0 saturated heterocycles. The van der Waals surface area contributed by atoms with Gasteiger partial charge >= 0.3 is 5.69 Å². The molecule has 0 atom stereocenters. The highest BCUT2D eigenvalue weighted by Crippen LogP contribution is 2.11. The summed E-state index contributed by atoms with van der Waals surface area (Å²) < 4.78 is 15.7. The molecule has 0 aliphatic rings. The number of hydrogen-bond acceptors (Lipinski definition) is 3. The maximum atomic E-state index is 13.3. The Labute approximate surface area is 148 Å². The number of halogens is 1. The third kappa shape index (κ3) is 3.42. The number of anilines is 1. The summed E-state index contributed by atoms with van der Waals surface area (Å²) in [7, 11) is 0. The van der Waals surface area contributed by atoms with Gasteiger partial charge in [-0.1, -0.05) is 25.1 Å². The molecule has 0 fully saturated rings. The average Bonchev–Trinajstić information content (AvgIpc) is 2.62. The monoisotopic (exact) mass is 355 g/mol. The zero-order valence-corrected chi connectivity index (χ0v) is 14.2. The summed E-state index contributed by atoms with van der Waals surface area (Å²) in [5.41, 5.74) is -0.210. The van der Waals surface area contributed by atoms with E-state index in [0.717, 1.165) is 4.57 Å². The van der Waals surface area contributed by atoms with Crippen LogP contribution in [0.15, 0.2) is 58.1 Å². The third-order valence-electron chi connectivity index (χ3n) is 3.99. The predicted octanol–water partition coefficient (Wildman–Crippen LogP) is 2.35. The van der Waals surface area contributed by atoms with Gasteiger partial charge in [0.15, 0.2) is 0 Å². The minimum atomic E-state index is -0.537. The Morgan fingerprint density at radius 3 is 2.58 bits per heavy atom. The first-order valence-corrected chi connectivity index (χ1v) is 8.29. The molecule has 134 valence electrons. The van der Waals surface area contributed by atoms with E-state index < -0.39 is 17.4 Å². The van der Waals surface area contributed by atoms with Crippen LogP contribution in [0, 0.1) is 5.82 Å². The van der Waals surface area contributed by atoms with Gasteiger partial charge in [-0.3, -0.25) is 18.7 Å². The molecule has 1 aromatic heterocycles. The first kappa shape index (κ1) is 17.6. The molecule has 0 aliphatic carbocycles. The molecule has 1 N–H and O–H groups in total. The number of carbonyl (C=O) groups is 1. The Morgan fingerprint density at radius 2 is 1.85 bits per heavy atom. The molecule has 26 heavy (non-hydrogen) atoms. The molecule has 7 heteroatoms. The molecule has 1 amide bonds. The Morgan fingerprint density at radius 1 is 1.08 bits per heavy atom. The number of fused-ring (bicyclic) bond motifs is 1. The quantitative estimate of drug-likeness (QED) is 0.764. The van der Waals surface area contributed by atoms with Gasteiger partial charge in [-0.25, -0.2) is 9.18 Å². The average molecular weight is 355 g/mol. The Bertz CT molecular complexity index is 1090. The second-order valence-electron chi connectivity index (χ2n) is 5.90. The van der Waals surface area contributed by atoms with Crippen molar-refractivity contribution < 1.29 is 9.18 Å². The topological polar surface area (TPSA) is 73.1 Å². The lowest BCUT2D eigenvalue weighted by Gasteiger charge is -2.13. The number of benzene rings is 2. The minimum Gasteiger partial charge on any atom is -0.324 e. The van der Waals surface area contributed by atoms with E-state index in [1.807, 2.05) is 6.92 Å². The number of carbonyl (C=O) groups excluding carboxylic acids is 1. The molecule has 0 saturated carbocycles. The number of aromatic nitrogens is 2. The number of hydrogen-bond donors (Lipinski definition) is 1. The van der Waals surface area contributed by atoms with Gasteiger partial charge in [0.05, 0.1) is 10.9 Å². The van der Waals surface area contributed by atoms with E-state index in [4.69, 9.17) is 0 Å². The summed E-state index contributed by atoms with van der Waals surface area (Å²) in [4.78, 5) is 37.6. The van der Waals surface area contributed by atoms with Crippen LogP contribution in [-0.2, 0) is 17.9 Å². The van der Waals surface area contributed by atoms with Gasteiger partial charge in [-0.15, -0.1) is 0 Å². The van der Waals surface area contributed by atoms with Crippen molar-refractivity contribution >= 4 is 22.5 Å². The smallest absolute Gasteiger partial charge is 0.324 e. The van der Waals surface area contributed by atoms with Crippen molar-refractivity contribution in [2.75, 3.05) is 5.32 Å². The molecule has 3 rings (SSSR count). The molecule has 6 nitrogen and oxygen atoms in total. The number of rotatable bonds is 5. The summed E-state index contributed by atoms with van der Waals surface area (Å²) in [5.74, 6) is -0.952. The number of nitrogens with one attached hydrogen (secondary N) is 1. The largest absolute Gasteiger partial charge is 0.331 e. The summed E-state index contributed by atoms with van der Waals surface area (Å²) in [6, 6.07) is 12.2. The van der Waals surface area contributed by atoms with E-state index in [-0.39, 0.29) is 18.6 Å². The fraction of sp³-hybridized carbons (Fsp3) is 0.211. The SMILES string of the molecule is CCCn1c(=O)c2ccccc2n(CC(=O)Nc2cccc(F)c2)c1=O. The van der Waals surface area contributed by atoms with E-state index in [1.165, 1.54) is 22.8 Å². The maximum Gasteiger partial charge on any atom is 0.331 e. The lowest BCUT2D eigenvalue weighted by atomic mass is 10.2. The molecule has 1 heterocycles. The number of nitrogens with zero attached hydrogens (tertiary/aromatic N) is 2. The van der Waals surface area contributed by atoms with Crippen molar-refractivity contribution in [3.05, 3.63) is 75.2 Å². The van der Waals surface area contributed by atoms with Crippen molar-refractivity contribution in [1.29, 1.82) is 0 Å². The van der Waals surface area contributed by atoms with Gasteiger partial charge < -0.3 is 5.32 Å². The highest BCUT2D eigenvalue weighted by Gasteiger charge is 2.15. The molecule has 0 aliphatic heterocycles. The second-order valence-corrected chi connectivity index (χ2v) is 5.90. The normalized spacial score (nSPS) is 10.8. The van der Waals surface area contributed by atoms with Gasteiger partial charge in [-0.2, -0.15) is 0 Å². The summed E-state index contributed by atoms with van der Waals surface area (Å²) in [5, 5.41) is 2.94. The van der Waals surface area contributed by atoms with E-state index in [0.29, 0.717) is 23.0 Å². The molecule has 2 aromatic carbocycles. The molecule has 0 radical (unpaired) electrons. The third-order valence-corrected chi connectivity index (χ3v) is 3.99. The van der Waals surface area contributed by atoms with Crippen LogP contribution in [-0.4, -0.2) is 15.0 Å². The summed E-state index contributed by atoms with van der Waals surface area (Å²) in [6.45, 7) is 1.86. The van der Waals surface area contributed by atoms with Gasteiger partial charge in [0.1, 0.15) is 12.4 Å². The molecular weight excluding hydrogens is 337 g/mol. The lowest BCUT2D eigenvalue weighted by Crippen LogP contribution is -2.41. The van der Waals surface area contributed by atoms with Crippen molar-refractivity contribution in [2.45, 2.75) is 26.4 Å². The molecule has 3 aromatic rings. The predicted molar refractivity (Wildman–Crippen MR) is 97.8 cm³/mol. The minimum absolute atomic E-state index is 0.272. The van der Waals surface area contributed by atoms with Crippen LogP contribution in [0.5, 0.6) is 0 Å². The van der Waals surface area contributed by atoms with Crippen molar-refractivity contribution in [3.63, 3.8) is 0 Å². The summed E-state index contributed by atoms with van der Waals surface area (Å²) in [6.07, 6.45) is 0.614. The van der Waals surface area contributed by atoms with Gasteiger partial charge in [0.2, 0.25) is 5.91 Å². The first-order valence-electron chi connectivity index (χ1n) is 8.29. The fourth-order valence-electron chi connectivity index (χ4n) is 2.85. The van der Waals surface area contributed by atoms with E-state index in [1.54, 1.807) is 30.3 Å². The number of amides is 1. The van der Waals surface area contributed by atoms with E-state index in [9.17, 15) is 18.8 Å². The lowest BCUT2D eigenvalue weighted by molar-refractivity contribution is -0.116. The maximum absolute atomic E-state index is 13.3. The fourth-order valence-corrected chi connectivity index (χ4v) is 2.85. The Balaban J connectivity index is 2.02. The van der Waals surface area contributed by atoms with Crippen LogP contribution >= 0.6 is 0 Å². The second kappa shape index (κ2) is 7.35. The molecule has 0 bridgehead atoms. The van der Waals surface area contributed by atoms with Gasteiger partial charge in [0, 0.05) is 12.2 Å². The summed E-state index contributed by atoms with van der Waals surface area (Å²) >= 11 is 0. The molecular formula is C19H18FN3O3. The van der Waals surface area contributed by atoms with Crippen LogP contribution in [0.4, 0.5) is 10.1 Å². The van der Waals surface area contributed by atoms with Crippen molar-refractivity contribution in [1.82, 2.24) is 9.13 Å². The van der Waals surface area contributed by atoms with Gasteiger partial charge in [-0.05, 0) is 36.8 Å². The van der Waals surface area contributed by atoms with Gasteiger partial charge in [0.25, 0.3) is 5.56 Å². The van der Waals surface area contributed by atoms with Crippen LogP contribution in [0.25, 0.3) is 10.9 Å². The highest BCUT2D eigenvalue weighted by atomic mass is 19.1. The van der Waals surface area contributed by atoms with Crippen LogP contribution in [0.1, 0.15) is 13.3 Å². The Hall–Kier alpha value is -3.22. The molecule has 0 unspecified atom stereocenters. The zero-order valence-electron chi connectivity index (χ0n) is 14.2. The van der Waals surface area contributed by atoms with Crippen LogP contribution < -0.4 is 16.6 Å². The zero-order chi connectivity index (χ0) is 18.7. The van der Waals surface area contributed by atoms with Crippen molar-refractivity contribution in [3.8, 4) is 0 Å². The number of para-hydroxylation sites is 1. The standard InChI is InChI=1S/C19H18FN3O3/c1-2-10-22-18(25)15-8-3-4-9-16(15)23(19(22)26)12-17(24)21-14-7-5-6-13(20)11-14/h3-9,11H,2,10,12H2,1H3,(H,21,24). The van der Waals surface area contributed by atoms with Crippen LogP contribution in [0.3, 0.4) is 0 Å². The van der Waals surface area contributed by atoms with E-state index >= 15 is 0 Å². The Kier molecular flexibility index (Phi) is 4.97. The van der Waals surface area contributed by atoms with Crippen molar-refractivity contribution in [2.24, 2.45) is 0 Å². The molecule has 0 spiro atoms.